The Hall–Kier alpha value is -1.39. The predicted octanol–water partition coefficient (Wildman–Crippen LogP) is 1.79. The summed E-state index contributed by atoms with van der Waals surface area (Å²) < 4.78 is 0. The summed E-state index contributed by atoms with van der Waals surface area (Å²) in [7, 11) is 0. The SMILES string of the molecule is CC(CO)NC(=O)[C@]12CCC[C@H]1CN(Cc1ccccc1)C2. The largest absolute Gasteiger partial charge is 0.394 e. The summed E-state index contributed by atoms with van der Waals surface area (Å²) in [6.07, 6.45) is 3.27. The van der Waals surface area contributed by atoms with Gasteiger partial charge in [-0.3, -0.25) is 9.69 Å². The number of hydrogen-bond acceptors (Lipinski definition) is 3. The lowest BCUT2D eigenvalue weighted by atomic mass is 9.79. The third-order valence-corrected chi connectivity index (χ3v) is 5.29. The normalized spacial score (nSPS) is 29.3. The molecule has 1 heterocycles. The number of carbonyl (C=O) groups is 1. The fourth-order valence-corrected chi connectivity index (χ4v) is 4.14. The molecule has 0 bridgehead atoms. The van der Waals surface area contributed by atoms with Crippen LogP contribution in [0.2, 0.25) is 0 Å². The second kappa shape index (κ2) is 6.39. The standard InChI is InChI=1S/C18H26N2O2/c1-14(12-21)19-17(22)18-9-5-8-16(18)11-20(13-18)10-15-6-3-2-4-7-15/h2-4,6-7,14,16,21H,5,8-13H2,1H3,(H,19,22)/t14?,16-,18-/m0/s1. The molecule has 2 aliphatic rings. The highest BCUT2D eigenvalue weighted by molar-refractivity contribution is 5.84. The lowest BCUT2D eigenvalue weighted by Gasteiger charge is -2.29. The fourth-order valence-electron chi connectivity index (χ4n) is 4.14. The van der Waals surface area contributed by atoms with Crippen LogP contribution in [0.5, 0.6) is 0 Å². The lowest BCUT2D eigenvalue weighted by Crippen LogP contribution is -2.48. The highest BCUT2D eigenvalue weighted by Gasteiger charge is 2.54. The molecule has 1 aromatic carbocycles. The van der Waals surface area contributed by atoms with Gasteiger partial charge >= 0.3 is 0 Å². The van der Waals surface area contributed by atoms with Crippen LogP contribution in [0.25, 0.3) is 0 Å². The van der Waals surface area contributed by atoms with Gasteiger partial charge in [-0.25, -0.2) is 0 Å². The van der Waals surface area contributed by atoms with Crippen molar-refractivity contribution in [1.29, 1.82) is 0 Å². The topological polar surface area (TPSA) is 52.6 Å². The van der Waals surface area contributed by atoms with E-state index in [2.05, 4.69) is 34.5 Å². The van der Waals surface area contributed by atoms with Crippen LogP contribution in [0.4, 0.5) is 0 Å². The van der Waals surface area contributed by atoms with E-state index in [1.54, 1.807) is 0 Å². The van der Waals surface area contributed by atoms with Crippen LogP contribution in [0.15, 0.2) is 30.3 Å². The zero-order valence-corrected chi connectivity index (χ0v) is 13.3. The first-order valence-electron chi connectivity index (χ1n) is 8.32. The third kappa shape index (κ3) is 2.90. The van der Waals surface area contributed by atoms with E-state index in [0.717, 1.165) is 38.9 Å². The van der Waals surface area contributed by atoms with Crippen molar-refractivity contribution in [2.45, 2.75) is 38.8 Å². The molecule has 1 amide bonds. The molecule has 2 fully saturated rings. The number of rotatable bonds is 5. The second-order valence-corrected chi connectivity index (χ2v) is 6.96. The Bertz CT molecular complexity index is 519. The van der Waals surface area contributed by atoms with E-state index in [1.165, 1.54) is 5.56 Å². The Balaban J connectivity index is 1.69. The van der Waals surface area contributed by atoms with Gasteiger partial charge in [0.15, 0.2) is 0 Å². The Morgan fingerprint density at radius 3 is 2.95 bits per heavy atom. The molecule has 1 unspecified atom stereocenters. The summed E-state index contributed by atoms with van der Waals surface area (Å²) in [5.74, 6) is 0.606. The minimum atomic E-state index is -0.238. The average Bonchev–Trinajstić information content (AvgIpc) is 3.05. The first-order valence-corrected chi connectivity index (χ1v) is 8.32. The minimum Gasteiger partial charge on any atom is -0.394 e. The van der Waals surface area contributed by atoms with E-state index >= 15 is 0 Å². The Morgan fingerprint density at radius 1 is 1.45 bits per heavy atom. The number of fused-ring (bicyclic) bond motifs is 1. The number of nitrogens with one attached hydrogen (secondary N) is 1. The maximum absolute atomic E-state index is 12.8. The molecule has 3 atom stereocenters. The number of likely N-dealkylation sites (tertiary alicyclic amines) is 1. The van der Waals surface area contributed by atoms with Gasteiger partial charge in [-0.2, -0.15) is 0 Å². The number of amides is 1. The van der Waals surface area contributed by atoms with Crippen LogP contribution in [0.3, 0.4) is 0 Å². The van der Waals surface area contributed by atoms with Gasteiger partial charge in [0.05, 0.1) is 12.0 Å². The number of hydrogen-bond donors (Lipinski definition) is 2. The van der Waals surface area contributed by atoms with Gasteiger partial charge in [0.25, 0.3) is 0 Å². The molecule has 4 heteroatoms. The Morgan fingerprint density at radius 2 is 2.23 bits per heavy atom. The van der Waals surface area contributed by atoms with E-state index in [1.807, 2.05) is 13.0 Å². The van der Waals surface area contributed by atoms with Crippen molar-refractivity contribution in [3.63, 3.8) is 0 Å². The predicted molar refractivity (Wildman–Crippen MR) is 86.2 cm³/mol. The molecule has 120 valence electrons. The first kappa shape index (κ1) is 15.5. The zero-order valence-electron chi connectivity index (χ0n) is 13.3. The lowest BCUT2D eigenvalue weighted by molar-refractivity contribution is -0.132. The average molecular weight is 302 g/mol. The summed E-state index contributed by atoms with van der Waals surface area (Å²) in [6.45, 7) is 4.63. The van der Waals surface area contributed by atoms with Gasteiger partial charge in [-0.15, -0.1) is 0 Å². The molecule has 3 rings (SSSR count). The maximum Gasteiger partial charge on any atom is 0.228 e. The smallest absolute Gasteiger partial charge is 0.228 e. The highest BCUT2D eigenvalue weighted by atomic mass is 16.3. The first-order chi connectivity index (χ1) is 10.6. The molecule has 2 N–H and O–H groups in total. The molecule has 4 nitrogen and oxygen atoms in total. The van der Waals surface area contributed by atoms with Crippen molar-refractivity contribution in [3.8, 4) is 0 Å². The van der Waals surface area contributed by atoms with E-state index < -0.39 is 0 Å². The molecule has 0 radical (unpaired) electrons. The molecule has 0 aromatic heterocycles. The van der Waals surface area contributed by atoms with Gasteiger partial charge in [-0.05, 0) is 31.2 Å². The molecular formula is C18H26N2O2. The number of nitrogens with zero attached hydrogens (tertiary/aromatic N) is 1. The zero-order chi connectivity index (χ0) is 15.6. The second-order valence-electron chi connectivity index (χ2n) is 6.96. The van der Waals surface area contributed by atoms with Crippen molar-refractivity contribution in [1.82, 2.24) is 10.2 Å². The van der Waals surface area contributed by atoms with Crippen LogP contribution < -0.4 is 5.32 Å². The van der Waals surface area contributed by atoms with Gasteiger partial charge in [0.1, 0.15) is 0 Å². The molecule has 1 aliphatic carbocycles. The van der Waals surface area contributed by atoms with Crippen LogP contribution in [-0.2, 0) is 11.3 Å². The fraction of sp³-hybridized carbons (Fsp3) is 0.611. The van der Waals surface area contributed by atoms with Crippen LogP contribution >= 0.6 is 0 Å². The maximum atomic E-state index is 12.8. The molecule has 22 heavy (non-hydrogen) atoms. The summed E-state index contributed by atoms with van der Waals surface area (Å²) in [5.41, 5.74) is 1.07. The molecular weight excluding hydrogens is 276 g/mol. The van der Waals surface area contributed by atoms with Crippen LogP contribution in [0, 0.1) is 11.3 Å². The molecule has 1 aliphatic heterocycles. The quantitative estimate of drug-likeness (QED) is 0.872. The monoisotopic (exact) mass is 302 g/mol. The van der Waals surface area contributed by atoms with E-state index in [9.17, 15) is 9.90 Å². The number of carbonyl (C=O) groups excluding carboxylic acids is 1. The Labute approximate surface area is 132 Å². The summed E-state index contributed by atoms with van der Waals surface area (Å²) in [6, 6.07) is 10.3. The van der Waals surface area contributed by atoms with Crippen molar-refractivity contribution < 1.29 is 9.90 Å². The van der Waals surface area contributed by atoms with Gasteiger partial charge in [0.2, 0.25) is 5.91 Å². The van der Waals surface area contributed by atoms with Crippen molar-refractivity contribution >= 4 is 5.91 Å². The van der Waals surface area contributed by atoms with E-state index in [0.29, 0.717) is 5.92 Å². The highest BCUT2D eigenvalue weighted by Crippen LogP contribution is 2.49. The summed E-state index contributed by atoms with van der Waals surface area (Å²) in [5, 5.41) is 12.2. The summed E-state index contributed by atoms with van der Waals surface area (Å²) in [4.78, 5) is 15.2. The van der Waals surface area contributed by atoms with Crippen molar-refractivity contribution in [2.24, 2.45) is 11.3 Å². The van der Waals surface area contributed by atoms with Crippen LogP contribution in [-0.4, -0.2) is 41.7 Å². The molecule has 1 saturated carbocycles. The van der Waals surface area contributed by atoms with Crippen LogP contribution in [0.1, 0.15) is 31.7 Å². The summed E-state index contributed by atoms with van der Waals surface area (Å²) >= 11 is 0. The third-order valence-electron chi connectivity index (χ3n) is 5.29. The number of aliphatic hydroxyl groups is 1. The Kier molecular flexibility index (Phi) is 4.50. The number of benzene rings is 1. The van der Waals surface area contributed by atoms with Gasteiger partial charge in [-0.1, -0.05) is 36.8 Å². The van der Waals surface area contributed by atoms with E-state index in [-0.39, 0.29) is 24.0 Å². The molecule has 0 spiro atoms. The molecule has 1 aromatic rings. The van der Waals surface area contributed by atoms with E-state index in [4.69, 9.17) is 0 Å². The number of aliphatic hydroxyl groups excluding tert-OH is 1. The molecule has 1 saturated heterocycles. The van der Waals surface area contributed by atoms with Gasteiger partial charge < -0.3 is 10.4 Å². The van der Waals surface area contributed by atoms with Gasteiger partial charge in [0, 0.05) is 25.7 Å². The minimum absolute atomic E-state index is 0.000215. The van der Waals surface area contributed by atoms with Crippen molar-refractivity contribution in [3.05, 3.63) is 35.9 Å². The van der Waals surface area contributed by atoms with Crippen molar-refractivity contribution in [2.75, 3.05) is 19.7 Å².